The number of hydrogen-bond donors (Lipinski definition) is 2. The van der Waals surface area contributed by atoms with Crippen molar-refractivity contribution >= 4 is 0 Å². The van der Waals surface area contributed by atoms with Crippen LogP contribution in [0.2, 0.25) is 0 Å². The van der Waals surface area contributed by atoms with Gasteiger partial charge in [0.15, 0.2) is 0 Å². The van der Waals surface area contributed by atoms with Crippen molar-refractivity contribution in [3.8, 4) is 22.6 Å². The Labute approximate surface area is 128 Å². The number of pyridine rings is 3. The van der Waals surface area contributed by atoms with Crippen LogP contribution < -0.4 is 0 Å². The molecule has 0 bridgehead atoms. The largest absolute Gasteiger partial charge is 0.392 e. The van der Waals surface area contributed by atoms with E-state index in [9.17, 15) is 10.2 Å². The van der Waals surface area contributed by atoms with Gasteiger partial charge in [-0.05, 0) is 35.9 Å². The van der Waals surface area contributed by atoms with Crippen LogP contribution in [0.3, 0.4) is 0 Å². The van der Waals surface area contributed by atoms with Crippen molar-refractivity contribution in [2.24, 2.45) is 0 Å². The molecule has 0 spiro atoms. The lowest BCUT2D eigenvalue weighted by molar-refractivity contribution is 0.260. The zero-order chi connectivity index (χ0) is 15.4. The first-order chi connectivity index (χ1) is 10.8. The first kappa shape index (κ1) is 14.3. The van der Waals surface area contributed by atoms with E-state index in [0.717, 1.165) is 11.3 Å². The lowest BCUT2D eigenvalue weighted by Gasteiger charge is -2.13. The Kier molecular flexibility index (Phi) is 4.18. The molecule has 0 radical (unpaired) electrons. The SMILES string of the molecule is OCc1ccnc(-c2cccnc2-c2ccccn2)c1CO. The van der Waals surface area contributed by atoms with E-state index in [0.29, 0.717) is 22.5 Å². The van der Waals surface area contributed by atoms with Crippen LogP contribution in [0.1, 0.15) is 11.1 Å². The number of aliphatic hydroxyl groups is 2. The average molecular weight is 293 g/mol. The highest BCUT2D eigenvalue weighted by molar-refractivity contribution is 5.79. The molecule has 3 heterocycles. The molecule has 0 aliphatic carbocycles. The van der Waals surface area contributed by atoms with Gasteiger partial charge in [-0.3, -0.25) is 15.0 Å². The van der Waals surface area contributed by atoms with Crippen molar-refractivity contribution in [2.45, 2.75) is 13.2 Å². The molecule has 0 saturated carbocycles. The van der Waals surface area contributed by atoms with Crippen LogP contribution in [-0.2, 0) is 13.2 Å². The van der Waals surface area contributed by atoms with E-state index >= 15 is 0 Å². The van der Waals surface area contributed by atoms with Gasteiger partial charge in [-0.15, -0.1) is 0 Å². The molecule has 0 amide bonds. The van der Waals surface area contributed by atoms with E-state index < -0.39 is 0 Å². The molecule has 0 aliphatic rings. The molecule has 0 saturated heterocycles. The lowest BCUT2D eigenvalue weighted by atomic mass is 9.99. The highest BCUT2D eigenvalue weighted by Gasteiger charge is 2.15. The van der Waals surface area contributed by atoms with E-state index in [1.807, 2.05) is 30.3 Å². The summed E-state index contributed by atoms with van der Waals surface area (Å²) in [5.74, 6) is 0. The topological polar surface area (TPSA) is 79.1 Å². The average Bonchev–Trinajstić information content (AvgIpc) is 2.61. The zero-order valence-corrected chi connectivity index (χ0v) is 11.8. The minimum absolute atomic E-state index is 0.148. The van der Waals surface area contributed by atoms with Gasteiger partial charge in [-0.1, -0.05) is 6.07 Å². The Morgan fingerprint density at radius 3 is 2.27 bits per heavy atom. The minimum Gasteiger partial charge on any atom is -0.392 e. The van der Waals surface area contributed by atoms with Crippen LogP contribution in [0.25, 0.3) is 22.6 Å². The van der Waals surface area contributed by atoms with Crippen molar-refractivity contribution in [2.75, 3.05) is 0 Å². The smallest absolute Gasteiger partial charge is 0.0980 e. The van der Waals surface area contributed by atoms with Crippen LogP contribution in [-0.4, -0.2) is 25.2 Å². The molecule has 0 unspecified atom stereocenters. The number of rotatable bonds is 4. The molecule has 5 nitrogen and oxygen atoms in total. The number of hydrogen-bond acceptors (Lipinski definition) is 5. The Hall–Kier alpha value is -2.63. The molecular formula is C17H15N3O2. The molecule has 0 atom stereocenters. The summed E-state index contributed by atoms with van der Waals surface area (Å²) in [6.45, 7) is -0.347. The Morgan fingerprint density at radius 2 is 1.55 bits per heavy atom. The Bertz CT molecular complexity index is 776. The summed E-state index contributed by atoms with van der Waals surface area (Å²) >= 11 is 0. The first-order valence-corrected chi connectivity index (χ1v) is 6.90. The molecule has 0 aliphatic heterocycles. The van der Waals surface area contributed by atoms with Gasteiger partial charge in [0, 0.05) is 29.7 Å². The quantitative estimate of drug-likeness (QED) is 0.771. The van der Waals surface area contributed by atoms with Crippen LogP contribution >= 0.6 is 0 Å². The van der Waals surface area contributed by atoms with Gasteiger partial charge in [0.25, 0.3) is 0 Å². The fourth-order valence-electron chi connectivity index (χ4n) is 2.39. The summed E-state index contributed by atoms with van der Waals surface area (Å²) in [6.07, 6.45) is 5.02. The lowest BCUT2D eigenvalue weighted by Crippen LogP contribution is -2.01. The number of aromatic nitrogens is 3. The second-order valence-electron chi connectivity index (χ2n) is 4.73. The second-order valence-corrected chi connectivity index (χ2v) is 4.73. The number of nitrogens with zero attached hydrogens (tertiary/aromatic N) is 3. The molecule has 0 aromatic carbocycles. The molecule has 3 aromatic rings. The van der Waals surface area contributed by atoms with Crippen LogP contribution in [0, 0.1) is 0 Å². The fourth-order valence-corrected chi connectivity index (χ4v) is 2.39. The maximum atomic E-state index is 9.67. The number of aliphatic hydroxyl groups excluding tert-OH is 2. The molecule has 3 aromatic heterocycles. The summed E-state index contributed by atoms with van der Waals surface area (Å²) < 4.78 is 0. The summed E-state index contributed by atoms with van der Waals surface area (Å²) in [7, 11) is 0. The zero-order valence-electron chi connectivity index (χ0n) is 11.8. The van der Waals surface area contributed by atoms with Gasteiger partial charge in [-0.2, -0.15) is 0 Å². The van der Waals surface area contributed by atoms with E-state index in [-0.39, 0.29) is 13.2 Å². The molecule has 2 N–H and O–H groups in total. The third kappa shape index (κ3) is 2.59. The minimum atomic E-state index is -0.199. The van der Waals surface area contributed by atoms with Gasteiger partial charge in [-0.25, -0.2) is 0 Å². The van der Waals surface area contributed by atoms with Crippen molar-refractivity contribution < 1.29 is 10.2 Å². The van der Waals surface area contributed by atoms with Crippen molar-refractivity contribution in [3.05, 3.63) is 66.1 Å². The van der Waals surface area contributed by atoms with Gasteiger partial charge in [0.05, 0.1) is 30.3 Å². The molecular weight excluding hydrogens is 278 g/mol. The van der Waals surface area contributed by atoms with Crippen molar-refractivity contribution in [1.82, 2.24) is 15.0 Å². The third-order valence-corrected chi connectivity index (χ3v) is 3.45. The second kappa shape index (κ2) is 6.43. The fraction of sp³-hybridized carbons (Fsp3) is 0.118. The van der Waals surface area contributed by atoms with Gasteiger partial charge >= 0.3 is 0 Å². The molecule has 110 valence electrons. The third-order valence-electron chi connectivity index (χ3n) is 3.45. The predicted molar refractivity (Wildman–Crippen MR) is 82.5 cm³/mol. The summed E-state index contributed by atoms with van der Waals surface area (Å²) in [5, 5.41) is 19.1. The first-order valence-electron chi connectivity index (χ1n) is 6.90. The summed E-state index contributed by atoms with van der Waals surface area (Å²) in [6, 6.07) is 11.0. The Morgan fingerprint density at radius 1 is 0.727 bits per heavy atom. The molecule has 22 heavy (non-hydrogen) atoms. The van der Waals surface area contributed by atoms with Crippen LogP contribution in [0.15, 0.2) is 55.0 Å². The summed E-state index contributed by atoms with van der Waals surface area (Å²) in [4.78, 5) is 13.1. The van der Waals surface area contributed by atoms with Gasteiger partial charge in [0.2, 0.25) is 0 Å². The van der Waals surface area contributed by atoms with E-state index in [2.05, 4.69) is 15.0 Å². The van der Waals surface area contributed by atoms with E-state index in [1.165, 1.54) is 0 Å². The predicted octanol–water partition coefficient (Wildman–Crippen LogP) is 2.19. The van der Waals surface area contributed by atoms with Crippen molar-refractivity contribution in [1.29, 1.82) is 0 Å². The van der Waals surface area contributed by atoms with Crippen LogP contribution in [0.5, 0.6) is 0 Å². The maximum absolute atomic E-state index is 9.67. The molecule has 3 rings (SSSR count). The van der Waals surface area contributed by atoms with Crippen LogP contribution in [0.4, 0.5) is 0 Å². The highest BCUT2D eigenvalue weighted by Crippen LogP contribution is 2.31. The standard InChI is InChI=1S/C17H15N3O2/c21-10-12-6-9-20-16(14(12)11-22)13-4-3-8-19-17(13)15-5-1-2-7-18-15/h1-9,21-22H,10-11H2. The van der Waals surface area contributed by atoms with Crippen molar-refractivity contribution in [3.63, 3.8) is 0 Å². The normalized spacial score (nSPS) is 10.6. The Balaban J connectivity index is 2.22. The van der Waals surface area contributed by atoms with Gasteiger partial charge < -0.3 is 10.2 Å². The summed E-state index contributed by atoms with van der Waals surface area (Å²) in [5.41, 5.74) is 4.08. The van der Waals surface area contributed by atoms with Gasteiger partial charge in [0.1, 0.15) is 0 Å². The van der Waals surface area contributed by atoms with E-state index in [4.69, 9.17) is 0 Å². The molecule has 5 heteroatoms. The monoisotopic (exact) mass is 293 g/mol. The maximum Gasteiger partial charge on any atom is 0.0980 e. The highest BCUT2D eigenvalue weighted by atomic mass is 16.3. The molecule has 0 fully saturated rings. The van der Waals surface area contributed by atoms with E-state index in [1.54, 1.807) is 24.7 Å².